The third kappa shape index (κ3) is 9.63. The smallest absolute Gasteiger partial charge is 0.0497 e. The van der Waals surface area contributed by atoms with E-state index in [9.17, 15) is 0 Å². The highest BCUT2D eigenvalue weighted by Gasteiger charge is 2.29. The predicted molar refractivity (Wildman–Crippen MR) is 356 cm³/mol. The van der Waals surface area contributed by atoms with Crippen LogP contribution in [0.1, 0.15) is 22.3 Å². The van der Waals surface area contributed by atoms with Crippen LogP contribution >= 0.6 is 0 Å². The molecule has 4 aliphatic rings. The van der Waals surface area contributed by atoms with Crippen LogP contribution in [0.25, 0.3) is 43.1 Å². The van der Waals surface area contributed by atoms with Gasteiger partial charge >= 0.3 is 0 Å². The zero-order valence-corrected chi connectivity index (χ0v) is 46.6. The highest BCUT2D eigenvalue weighted by atomic mass is 15.2. The first-order valence-corrected chi connectivity index (χ1v) is 29.3. The second-order valence-corrected chi connectivity index (χ2v) is 22.0. The minimum absolute atomic E-state index is 0.729. The van der Waals surface area contributed by atoms with E-state index >= 15 is 0 Å². The van der Waals surface area contributed by atoms with Gasteiger partial charge in [0, 0.05) is 68.2 Å². The van der Waals surface area contributed by atoms with Crippen molar-refractivity contribution in [3.05, 3.63) is 338 Å². The van der Waals surface area contributed by atoms with Gasteiger partial charge in [0.15, 0.2) is 0 Å². The Balaban J connectivity index is 1.01. The summed E-state index contributed by atoms with van der Waals surface area (Å²) < 4.78 is 0. The van der Waals surface area contributed by atoms with Gasteiger partial charge in [0.1, 0.15) is 0 Å². The van der Waals surface area contributed by atoms with Crippen molar-refractivity contribution in [2.45, 2.75) is 25.7 Å². The average molecular weight is 1080 g/mol. The van der Waals surface area contributed by atoms with Crippen molar-refractivity contribution in [2.75, 3.05) is 19.6 Å². The Bertz CT molecular complexity index is 4090. The number of fused-ring (bicyclic) bond motifs is 4. The maximum atomic E-state index is 2.54. The summed E-state index contributed by atoms with van der Waals surface area (Å²) in [6.07, 6.45) is 2.92. The first-order valence-electron chi connectivity index (χ1n) is 29.3. The van der Waals surface area contributed by atoms with E-state index in [0.717, 1.165) is 71.2 Å². The lowest BCUT2D eigenvalue weighted by molar-refractivity contribution is 0.911. The molecule has 0 spiro atoms. The summed E-state index contributed by atoms with van der Waals surface area (Å²) in [6.45, 7) is 0. The predicted octanol–water partition coefficient (Wildman–Crippen LogP) is 22.1. The largest absolute Gasteiger partial charge is 0.310 e. The second-order valence-electron chi connectivity index (χ2n) is 22.0. The summed E-state index contributed by atoms with van der Waals surface area (Å²) in [7, 11) is 0. The van der Waals surface area contributed by atoms with Gasteiger partial charge < -0.3 is 19.6 Å². The van der Waals surface area contributed by atoms with Crippen LogP contribution in [0.15, 0.2) is 315 Å². The van der Waals surface area contributed by atoms with Gasteiger partial charge in [0.2, 0.25) is 0 Å². The van der Waals surface area contributed by atoms with Crippen LogP contribution in [0.4, 0.5) is 68.2 Å². The summed E-state index contributed by atoms with van der Waals surface area (Å²) in [6, 6.07) is 117. The average Bonchev–Trinajstić information content (AvgIpc) is 2.41. The van der Waals surface area contributed by atoms with Crippen LogP contribution in [0.5, 0.6) is 0 Å². The van der Waals surface area contributed by atoms with Crippen molar-refractivity contribution in [3.8, 4) is 0 Å². The maximum Gasteiger partial charge on any atom is 0.0497 e. The van der Waals surface area contributed by atoms with E-state index in [0.29, 0.717) is 0 Å². The SMILES string of the molecule is c1ccc(N(c2ccc3ccccc3c2)c2cc3c(N(c4ccccc4)c4ccc5ccccc5c4)cc2CCc2cc(N(c4ccccc4)c4ccc5ccccc5c4)c(cc2N(c2ccccc2)c2ccc4ccccc4c2)CC3)cc1. The minimum atomic E-state index is 0.729. The molecule has 0 saturated heterocycles. The number of benzene rings is 14. The lowest BCUT2D eigenvalue weighted by Crippen LogP contribution is -2.20. The lowest BCUT2D eigenvalue weighted by Gasteiger charge is -2.35. The van der Waals surface area contributed by atoms with E-state index in [2.05, 4.69) is 335 Å². The van der Waals surface area contributed by atoms with Crippen LogP contribution < -0.4 is 19.6 Å². The van der Waals surface area contributed by atoms with Crippen molar-refractivity contribution < 1.29 is 0 Å². The van der Waals surface area contributed by atoms with Gasteiger partial charge in [0.05, 0.1) is 0 Å². The van der Waals surface area contributed by atoms with Crippen LogP contribution in [-0.2, 0) is 25.7 Å². The molecule has 0 unspecified atom stereocenters. The van der Waals surface area contributed by atoms with Crippen molar-refractivity contribution in [1.82, 2.24) is 0 Å². The Morgan fingerprint density at radius 2 is 0.345 bits per heavy atom. The number of hydrogen-bond donors (Lipinski definition) is 0. The summed E-state index contributed by atoms with van der Waals surface area (Å²) >= 11 is 0. The van der Waals surface area contributed by atoms with Crippen LogP contribution in [-0.4, -0.2) is 0 Å². The Hall–Kier alpha value is -10.7. The van der Waals surface area contributed by atoms with Crippen LogP contribution in [0.2, 0.25) is 0 Å². The number of hydrogen-bond acceptors (Lipinski definition) is 4. The Kier molecular flexibility index (Phi) is 13.2. The molecule has 0 N–H and O–H groups in total. The molecule has 0 amide bonds. The van der Waals surface area contributed by atoms with Gasteiger partial charge in [-0.25, -0.2) is 0 Å². The molecule has 14 aromatic rings. The van der Waals surface area contributed by atoms with Crippen molar-refractivity contribution in [3.63, 3.8) is 0 Å². The first kappa shape index (κ1) is 50.3. The Morgan fingerprint density at radius 1 is 0.155 bits per heavy atom. The highest BCUT2D eigenvalue weighted by molar-refractivity contribution is 5.96. The van der Waals surface area contributed by atoms with Gasteiger partial charge in [-0.3, -0.25) is 0 Å². The minimum Gasteiger partial charge on any atom is -0.310 e. The highest BCUT2D eigenvalue weighted by Crippen LogP contribution is 2.49. The fourth-order valence-corrected chi connectivity index (χ4v) is 12.8. The molecule has 0 radical (unpaired) electrons. The quantitative estimate of drug-likeness (QED) is 0.121. The molecule has 0 heterocycles. The third-order valence-corrected chi connectivity index (χ3v) is 16.9. The Labute approximate surface area is 491 Å². The van der Waals surface area contributed by atoms with Crippen molar-refractivity contribution >= 4 is 111 Å². The van der Waals surface area contributed by atoms with E-state index in [4.69, 9.17) is 0 Å². The van der Waals surface area contributed by atoms with Gasteiger partial charge in [-0.2, -0.15) is 0 Å². The number of rotatable bonds is 12. The van der Waals surface area contributed by atoms with Crippen LogP contribution in [0, 0.1) is 0 Å². The molecule has 18 rings (SSSR count). The standard InChI is InChI=1S/C80H60N4/c1-5-29-69(30-6-1)81(73-45-41-57-21-13-17-25-61(57)49-73)77-53-66-39-40-68-56-79(83(71-33-9-3-10-34-71)75-47-43-59-23-15-19-27-63(59)51-75)67(55-80(68)84(72-35-11-4-12-36-72)76-48-44-60-24-16-20-28-64(60)52-76)38-37-65(77)54-78(66)82(70-31-7-2-8-32-70)74-46-42-58-22-14-18-26-62(58)50-74/h1-36,41-56H,37-40H2. The normalized spacial score (nSPS) is 12.1. The molecule has 0 fully saturated rings. The molecule has 4 heteroatoms. The molecular formula is C80H60N4. The summed E-state index contributed by atoms with van der Waals surface area (Å²) in [4.78, 5) is 10.1. The zero-order valence-electron chi connectivity index (χ0n) is 46.6. The van der Waals surface area contributed by atoms with E-state index < -0.39 is 0 Å². The fourth-order valence-electron chi connectivity index (χ4n) is 12.8. The van der Waals surface area contributed by atoms with E-state index in [1.54, 1.807) is 0 Å². The first-order chi connectivity index (χ1) is 41.6. The zero-order chi connectivity index (χ0) is 55.8. The molecule has 84 heavy (non-hydrogen) atoms. The number of para-hydroxylation sites is 4. The van der Waals surface area contributed by atoms with Crippen LogP contribution in [0.3, 0.4) is 0 Å². The molecular weight excluding hydrogens is 1020 g/mol. The maximum absolute atomic E-state index is 2.54. The van der Waals surface area contributed by atoms with Gasteiger partial charge in [-0.05, 0) is 212 Å². The van der Waals surface area contributed by atoms with Gasteiger partial charge in [-0.15, -0.1) is 0 Å². The van der Waals surface area contributed by atoms with E-state index in [-0.39, 0.29) is 0 Å². The summed E-state index contributed by atoms with van der Waals surface area (Å²) in [5.41, 5.74) is 18.6. The van der Waals surface area contributed by atoms with Crippen molar-refractivity contribution in [2.24, 2.45) is 0 Å². The van der Waals surface area contributed by atoms with Gasteiger partial charge in [0.25, 0.3) is 0 Å². The monoisotopic (exact) mass is 1080 g/mol. The van der Waals surface area contributed by atoms with Gasteiger partial charge in [-0.1, -0.05) is 194 Å². The van der Waals surface area contributed by atoms with Crippen molar-refractivity contribution in [1.29, 1.82) is 0 Å². The van der Waals surface area contributed by atoms with E-state index in [1.807, 2.05) is 0 Å². The molecule has 4 bridgehead atoms. The fraction of sp³-hybridized carbons (Fsp3) is 0.0500. The molecule has 0 atom stereocenters. The molecule has 0 aliphatic heterocycles. The number of anilines is 12. The lowest BCUT2D eigenvalue weighted by atomic mass is 9.89. The molecule has 4 aliphatic carbocycles. The molecule has 14 aromatic carbocycles. The molecule has 0 saturated carbocycles. The molecule has 0 aromatic heterocycles. The third-order valence-electron chi connectivity index (χ3n) is 16.9. The topological polar surface area (TPSA) is 13.0 Å². The van der Waals surface area contributed by atoms with E-state index in [1.165, 1.54) is 88.1 Å². The second kappa shape index (κ2) is 22.0. The molecule has 400 valence electrons. The molecule has 4 nitrogen and oxygen atoms in total. The summed E-state index contributed by atoms with van der Waals surface area (Å²) in [5.74, 6) is 0. The number of aryl methyl sites for hydroxylation is 4. The Morgan fingerprint density at radius 3 is 0.560 bits per heavy atom. The summed E-state index contributed by atoms with van der Waals surface area (Å²) in [5, 5.41) is 9.69. The number of nitrogens with zero attached hydrogens (tertiary/aromatic N) is 4.